The molecule has 0 radical (unpaired) electrons. The second-order valence-electron chi connectivity index (χ2n) is 12.8. The molecule has 0 aliphatic rings. The lowest BCUT2D eigenvalue weighted by Gasteiger charge is -2.22. The van der Waals surface area contributed by atoms with Crippen molar-refractivity contribution in [3.8, 4) is 0 Å². The van der Waals surface area contributed by atoms with Gasteiger partial charge < -0.3 is 9.13 Å². The average molecular weight is 653 g/mol. The molecule has 0 saturated heterocycles. The van der Waals surface area contributed by atoms with Gasteiger partial charge in [-0.15, -0.1) is 0 Å². The van der Waals surface area contributed by atoms with E-state index in [0.717, 1.165) is 48.4 Å². The van der Waals surface area contributed by atoms with E-state index in [4.69, 9.17) is 10.2 Å². The van der Waals surface area contributed by atoms with Crippen molar-refractivity contribution in [3.63, 3.8) is 0 Å². The lowest BCUT2D eigenvalue weighted by atomic mass is 10.1. The molecule has 8 rings (SSSR count). The van der Waals surface area contributed by atoms with E-state index in [1.807, 2.05) is 24.6 Å². The van der Waals surface area contributed by atoms with Crippen LogP contribution in [0.3, 0.4) is 0 Å². The third-order valence-corrected chi connectivity index (χ3v) is 9.67. The van der Waals surface area contributed by atoms with Gasteiger partial charge in [-0.05, 0) is 84.6 Å². The fourth-order valence-corrected chi connectivity index (χ4v) is 7.03. The van der Waals surface area contributed by atoms with Crippen LogP contribution in [0.15, 0.2) is 156 Å². The van der Waals surface area contributed by atoms with Gasteiger partial charge in [0.1, 0.15) is 0 Å². The van der Waals surface area contributed by atoms with Crippen LogP contribution in [0.25, 0.3) is 43.6 Å². The summed E-state index contributed by atoms with van der Waals surface area (Å²) in [7, 11) is 4.26. The molecule has 0 aliphatic carbocycles. The van der Waals surface area contributed by atoms with E-state index in [1.165, 1.54) is 43.6 Å². The number of anilines is 2. The first-order valence-electron chi connectivity index (χ1n) is 17.3. The fraction of sp³-hybridized carbons (Fsp3) is 0.136. The Morgan fingerprint density at radius 2 is 0.820 bits per heavy atom. The molecule has 0 bridgehead atoms. The van der Waals surface area contributed by atoms with E-state index < -0.39 is 0 Å². The number of fused-ring (bicyclic) bond motifs is 6. The van der Waals surface area contributed by atoms with Crippen LogP contribution in [0.1, 0.15) is 24.0 Å². The van der Waals surface area contributed by atoms with Crippen molar-refractivity contribution in [3.05, 3.63) is 157 Å². The van der Waals surface area contributed by atoms with Crippen molar-refractivity contribution >= 4 is 67.4 Å². The first-order chi connectivity index (χ1) is 24.6. The third kappa shape index (κ3) is 6.12. The summed E-state index contributed by atoms with van der Waals surface area (Å²) in [4.78, 5) is 0. The van der Waals surface area contributed by atoms with Gasteiger partial charge in [0, 0.05) is 70.8 Å². The Kier molecular flexibility index (Phi) is 8.58. The summed E-state index contributed by atoms with van der Waals surface area (Å²) in [5.41, 5.74) is 9.26. The Labute approximate surface area is 292 Å². The monoisotopic (exact) mass is 652 g/mol. The van der Waals surface area contributed by atoms with Crippen LogP contribution in [-0.2, 0) is 14.1 Å². The fourth-order valence-electron chi connectivity index (χ4n) is 7.03. The van der Waals surface area contributed by atoms with Crippen LogP contribution in [0, 0.1) is 0 Å². The molecular weight excluding hydrogens is 613 g/mol. The zero-order valence-electron chi connectivity index (χ0n) is 28.5. The number of benzene rings is 6. The summed E-state index contributed by atoms with van der Waals surface area (Å²) in [6.45, 7) is 1.59. The molecule has 0 N–H and O–H groups in total. The lowest BCUT2D eigenvalue weighted by Crippen LogP contribution is -2.22. The molecule has 2 aromatic heterocycles. The minimum Gasteiger partial charge on any atom is -0.344 e. The molecule has 6 nitrogen and oxygen atoms in total. The van der Waals surface area contributed by atoms with Crippen molar-refractivity contribution < 1.29 is 0 Å². The number of aryl methyl sites for hydroxylation is 2. The molecule has 8 aromatic rings. The van der Waals surface area contributed by atoms with Gasteiger partial charge in [-0.1, -0.05) is 84.9 Å². The molecule has 6 heteroatoms. The van der Waals surface area contributed by atoms with Crippen molar-refractivity contribution in [1.29, 1.82) is 0 Å². The molecule has 0 aliphatic heterocycles. The molecule has 0 amide bonds. The number of hydrogen-bond acceptors (Lipinski definition) is 4. The van der Waals surface area contributed by atoms with Gasteiger partial charge in [0.15, 0.2) is 0 Å². The summed E-state index contributed by atoms with van der Waals surface area (Å²) in [6.07, 6.45) is 5.88. The van der Waals surface area contributed by atoms with Gasteiger partial charge >= 0.3 is 0 Å². The van der Waals surface area contributed by atoms with Crippen molar-refractivity contribution in [2.24, 2.45) is 24.3 Å². The van der Waals surface area contributed by atoms with Gasteiger partial charge in [-0.2, -0.15) is 10.2 Å². The van der Waals surface area contributed by atoms with Gasteiger partial charge in [-0.3, -0.25) is 10.0 Å². The van der Waals surface area contributed by atoms with E-state index in [2.05, 4.69) is 167 Å². The normalized spacial score (nSPS) is 12.0. The predicted molar refractivity (Wildman–Crippen MR) is 213 cm³/mol. The number of rotatable bonds is 11. The largest absolute Gasteiger partial charge is 0.344 e. The van der Waals surface area contributed by atoms with Crippen LogP contribution < -0.4 is 10.0 Å². The summed E-state index contributed by atoms with van der Waals surface area (Å²) < 4.78 is 4.52. The third-order valence-electron chi connectivity index (χ3n) is 9.67. The minimum absolute atomic E-state index is 0.793. The Hall–Kier alpha value is -6.14. The lowest BCUT2D eigenvalue weighted by molar-refractivity contribution is 0.681. The zero-order chi connectivity index (χ0) is 33.9. The van der Waals surface area contributed by atoms with Crippen molar-refractivity contribution in [2.45, 2.75) is 12.8 Å². The van der Waals surface area contributed by atoms with Crippen LogP contribution in [0.4, 0.5) is 11.4 Å². The van der Waals surface area contributed by atoms with E-state index in [9.17, 15) is 0 Å². The molecule has 0 atom stereocenters. The van der Waals surface area contributed by atoms with E-state index in [0.29, 0.717) is 0 Å². The van der Waals surface area contributed by atoms with E-state index >= 15 is 0 Å². The Balaban J connectivity index is 0.992. The quantitative estimate of drug-likeness (QED) is 0.0793. The Morgan fingerprint density at radius 1 is 0.440 bits per heavy atom. The maximum atomic E-state index is 5.01. The summed E-state index contributed by atoms with van der Waals surface area (Å²) in [5.74, 6) is 0. The zero-order valence-corrected chi connectivity index (χ0v) is 28.5. The van der Waals surface area contributed by atoms with Crippen molar-refractivity contribution in [1.82, 2.24) is 9.13 Å². The molecule has 246 valence electrons. The second kappa shape index (κ2) is 13.8. The van der Waals surface area contributed by atoms with Crippen LogP contribution in [-0.4, -0.2) is 34.7 Å². The highest BCUT2D eigenvalue weighted by Gasteiger charge is 2.11. The first kappa shape index (κ1) is 31.1. The highest BCUT2D eigenvalue weighted by Crippen LogP contribution is 2.30. The van der Waals surface area contributed by atoms with E-state index in [-0.39, 0.29) is 0 Å². The average Bonchev–Trinajstić information content (AvgIpc) is 3.62. The Morgan fingerprint density at radius 3 is 1.26 bits per heavy atom. The topological polar surface area (TPSA) is 41.1 Å². The van der Waals surface area contributed by atoms with Gasteiger partial charge in [-0.25, -0.2) is 0 Å². The molecule has 0 spiro atoms. The summed E-state index contributed by atoms with van der Waals surface area (Å²) >= 11 is 0. The van der Waals surface area contributed by atoms with Gasteiger partial charge in [0.25, 0.3) is 0 Å². The smallest absolute Gasteiger partial charge is 0.0593 e. The molecule has 50 heavy (non-hydrogen) atoms. The number of para-hydroxylation sites is 4. The summed E-state index contributed by atoms with van der Waals surface area (Å²) in [6, 6.07) is 51.2. The first-order valence-corrected chi connectivity index (χ1v) is 17.3. The number of aromatic nitrogens is 2. The number of nitrogens with zero attached hydrogens (tertiary/aromatic N) is 6. The maximum absolute atomic E-state index is 5.01. The van der Waals surface area contributed by atoms with Crippen molar-refractivity contribution in [2.75, 3.05) is 23.1 Å². The van der Waals surface area contributed by atoms with Gasteiger partial charge in [0.05, 0.1) is 23.8 Å². The molecule has 6 aromatic carbocycles. The molecule has 0 unspecified atom stereocenters. The maximum Gasteiger partial charge on any atom is 0.0593 e. The molecular formula is C44H40N6. The van der Waals surface area contributed by atoms with E-state index in [1.54, 1.807) is 0 Å². The number of hydrazone groups is 2. The predicted octanol–water partition coefficient (Wildman–Crippen LogP) is 10.1. The second-order valence-corrected chi connectivity index (χ2v) is 12.8. The Bertz CT molecular complexity index is 2300. The minimum atomic E-state index is 0.793. The molecule has 2 heterocycles. The van der Waals surface area contributed by atoms with Crippen LogP contribution in [0.2, 0.25) is 0 Å². The SMILES string of the molecule is Cn1c2ccccc2c2cc(/C=N/N(CCCCN(/N=C/c3ccc4c(c3)c3ccccc3n4C)c3ccccc3)c3ccccc3)ccc21. The van der Waals surface area contributed by atoms with Crippen LogP contribution >= 0.6 is 0 Å². The summed E-state index contributed by atoms with van der Waals surface area (Å²) in [5, 5.41) is 19.3. The highest BCUT2D eigenvalue weighted by molar-refractivity contribution is 6.10. The molecule has 0 saturated carbocycles. The highest BCUT2D eigenvalue weighted by atomic mass is 15.5. The van der Waals surface area contributed by atoms with Gasteiger partial charge in [0.2, 0.25) is 0 Å². The molecule has 0 fully saturated rings. The number of unbranched alkanes of at least 4 members (excludes halogenated alkanes) is 1. The van der Waals surface area contributed by atoms with Crippen LogP contribution in [0.5, 0.6) is 0 Å². The number of hydrogen-bond donors (Lipinski definition) is 0. The standard InChI is InChI=1S/C44H40N6/c1-47-41-21-11-9-19-37(41)39-29-33(23-25-43(39)47)31-45-49(35-15-5-3-6-16-35)27-13-14-28-50(36-17-7-4-8-18-36)46-32-34-24-26-44-40(30-34)38-20-10-12-22-42(38)48(44)2/h3-12,15-26,29-32H,13-14,27-28H2,1-2H3/b45-31+,46-32+.